The highest BCUT2D eigenvalue weighted by atomic mass is 35.5. The summed E-state index contributed by atoms with van der Waals surface area (Å²) in [6, 6.07) is 10.8. The van der Waals surface area contributed by atoms with Crippen LogP contribution in [0.5, 0.6) is 5.75 Å². The molecular formula is C40H41ClF2N10O4. The summed E-state index contributed by atoms with van der Waals surface area (Å²) in [7, 11) is 5.59. The number of nitrogens with zero attached hydrogens (tertiary/aromatic N) is 7. The molecule has 0 radical (unpaired) electrons. The number of alkyl halides is 2. The number of imide groups is 1. The number of piperidine rings is 1. The van der Waals surface area contributed by atoms with E-state index in [9.17, 15) is 14.4 Å². The van der Waals surface area contributed by atoms with Crippen molar-refractivity contribution in [1.29, 1.82) is 0 Å². The molecule has 17 heteroatoms. The zero-order valence-electron chi connectivity index (χ0n) is 31.6. The second kappa shape index (κ2) is 12.7. The van der Waals surface area contributed by atoms with Gasteiger partial charge in [0.15, 0.2) is 12.4 Å². The predicted octanol–water partition coefficient (Wildman–Crippen LogP) is 5.46. The Morgan fingerprint density at radius 2 is 1.81 bits per heavy atom. The van der Waals surface area contributed by atoms with Gasteiger partial charge >= 0.3 is 5.92 Å². The summed E-state index contributed by atoms with van der Waals surface area (Å²) in [5.41, 5.74) is 3.84. The number of carbonyl (C=O) groups excluding carboxylic acids is 2. The molecule has 4 fully saturated rings. The maximum atomic E-state index is 15.1. The van der Waals surface area contributed by atoms with E-state index in [-0.39, 0.29) is 34.6 Å². The quantitative estimate of drug-likeness (QED) is 0.180. The molecule has 1 unspecified atom stereocenters. The zero-order valence-corrected chi connectivity index (χ0v) is 32.4. The van der Waals surface area contributed by atoms with Crippen molar-refractivity contribution in [3.63, 3.8) is 0 Å². The van der Waals surface area contributed by atoms with E-state index in [1.165, 1.54) is 4.57 Å². The second-order valence-corrected chi connectivity index (χ2v) is 17.0. The number of ether oxygens (including phenoxy) is 1. The number of hydrogen-bond donors (Lipinski definition) is 3. The summed E-state index contributed by atoms with van der Waals surface area (Å²) in [5, 5.41) is 15.3. The minimum Gasteiger partial charge on any atom is -0.480 e. The van der Waals surface area contributed by atoms with E-state index in [1.54, 1.807) is 31.4 Å². The van der Waals surface area contributed by atoms with Gasteiger partial charge in [-0.3, -0.25) is 24.4 Å². The van der Waals surface area contributed by atoms with Crippen LogP contribution in [0.2, 0.25) is 5.02 Å². The van der Waals surface area contributed by atoms with Crippen molar-refractivity contribution in [2.45, 2.75) is 62.4 Å². The average molecular weight is 799 g/mol. The molecule has 1 spiro atoms. The number of aromatic nitrogens is 5. The topological polar surface area (TPSA) is 152 Å². The maximum absolute atomic E-state index is 15.1. The Morgan fingerprint density at radius 3 is 2.56 bits per heavy atom. The fourth-order valence-corrected chi connectivity index (χ4v) is 9.45. The van der Waals surface area contributed by atoms with E-state index in [0.717, 1.165) is 42.5 Å². The molecule has 2 atom stereocenters. The summed E-state index contributed by atoms with van der Waals surface area (Å²) in [6.07, 6.45) is 5.75. The fraction of sp³-hybridized carbons (Fsp3) is 0.450. The number of rotatable bonds is 7. The number of halogens is 3. The fourth-order valence-electron chi connectivity index (χ4n) is 9.31. The third kappa shape index (κ3) is 5.93. The van der Waals surface area contributed by atoms with Gasteiger partial charge in [-0.2, -0.15) is 10.1 Å². The first-order valence-electron chi connectivity index (χ1n) is 19.3. The van der Waals surface area contributed by atoms with Crippen molar-refractivity contribution < 1.29 is 23.1 Å². The van der Waals surface area contributed by atoms with E-state index in [4.69, 9.17) is 26.4 Å². The van der Waals surface area contributed by atoms with Crippen LogP contribution in [-0.2, 0) is 23.7 Å². The minimum atomic E-state index is -3.13. The number of hydrogen-bond acceptors (Lipinski definition) is 11. The molecule has 57 heavy (non-hydrogen) atoms. The lowest BCUT2D eigenvalue weighted by atomic mass is 9.60. The lowest BCUT2D eigenvalue weighted by Crippen LogP contribution is -2.66. The Bertz CT molecular complexity index is 2580. The number of nitrogens with one attached hydrogen (secondary N) is 3. The molecule has 2 amide bonds. The van der Waals surface area contributed by atoms with Crippen molar-refractivity contribution in [2.24, 2.45) is 25.4 Å². The number of amides is 2. The van der Waals surface area contributed by atoms with Gasteiger partial charge in [0.2, 0.25) is 23.5 Å². The van der Waals surface area contributed by atoms with Gasteiger partial charge in [0.1, 0.15) is 5.02 Å². The molecule has 3 aromatic heterocycles. The molecule has 296 valence electrons. The molecule has 2 aliphatic carbocycles. The number of carbonyl (C=O) groups is 2. The van der Waals surface area contributed by atoms with Gasteiger partial charge in [0, 0.05) is 74.3 Å². The Kier molecular flexibility index (Phi) is 8.02. The summed E-state index contributed by atoms with van der Waals surface area (Å²) < 4.78 is 39.0. The van der Waals surface area contributed by atoms with E-state index < -0.39 is 30.0 Å². The van der Waals surface area contributed by atoms with Crippen LogP contribution in [0.25, 0.3) is 21.8 Å². The normalized spacial score (nSPS) is 22.6. The molecule has 14 nitrogen and oxygen atoms in total. The van der Waals surface area contributed by atoms with Crippen molar-refractivity contribution >= 4 is 74.0 Å². The van der Waals surface area contributed by atoms with Crippen LogP contribution in [-0.4, -0.2) is 80.9 Å². The van der Waals surface area contributed by atoms with Gasteiger partial charge in [-0.25, -0.2) is 13.8 Å². The van der Waals surface area contributed by atoms with E-state index in [2.05, 4.69) is 49.9 Å². The first-order valence-corrected chi connectivity index (χ1v) is 19.7. The smallest absolute Gasteiger partial charge is 0.301 e. The number of anilines is 5. The molecular weight excluding hydrogens is 758 g/mol. The van der Waals surface area contributed by atoms with Crippen molar-refractivity contribution in [1.82, 2.24) is 29.6 Å². The third-order valence-corrected chi connectivity index (χ3v) is 12.9. The van der Waals surface area contributed by atoms with Crippen LogP contribution in [0.4, 0.5) is 37.6 Å². The first kappa shape index (κ1) is 35.9. The zero-order chi connectivity index (χ0) is 39.5. The summed E-state index contributed by atoms with van der Waals surface area (Å²) in [4.78, 5) is 51.3. The lowest BCUT2D eigenvalue weighted by molar-refractivity contribution is -0.134. The minimum absolute atomic E-state index is 0.112. The second-order valence-electron chi connectivity index (χ2n) is 16.5. The average Bonchev–Trinajstić information content (AvgIpc) is 3.95. The number of pyridine rings is 1. The van der Waals surface area contributed by atoms with Gasteiger partial charge in [0.05, 0.1) is 40.6 Å². The van der Waals surface area contributed by atoms with Crippen molar-refractivity contribution in [3.8, 4) is 5.75 Å². The molecule has 2 saturated heterocycles. The highest BCUT2D eigenvalue weighted by molar-refractivity contribution is 6.33. The maximum Gasteiger partial charge on any atom is 0.301 e. The Morgan fingerprint density at radius 1 is 1.02 bits per heavy atom. The Hall–Kier alpha value is -5.51. The first-order chi connectivity index (χ1) is 27.3. The molecule has 6 heterocycles. The van der Waals surface area contributed by atoms with Gasteiger partial charge in [-0.15, -0.1) is 0 Å². The Balaban J connectivity index is 0.825. The van der Waals surface area contributed by atoms with E-state index in [1.807, 2.05) is 17.8 Å². The highest BCUT2D eigenvalue weighted by Crippen LogP contribution is 2.52. The molecule has 5 aromatic rings. The van der Waals surface area contributed by atoms with Crippen molar-refractivity contribution in [3.05, 3.63) is 63.7 Å². The standard InChI is InChI=1S/C40H41ClF2N10O4/c1-50(22-7-8-24-29(13-22)52(3)49-31(24)25-9-11-30(54)46-36(25)55)23-14-39(15-23)17-53(18-39)38-44-16-27(41)35(48-38)45-21-6-10-28-26(12-21)32-33(37(56)51(28)2)57-19-40(42,43)34(47-32)20-4-5-20/h6-8,10,12-13,16,20,23,25,34,47H,4-5,9,11,14-15,17-19H2,1-3H3,(H,44,45,48)(H,46,54,55)/t25?,34-/m0/s1. The molecule has 3 N–H and O–H groups in total. The molecule has 5 aliphatic rings. The number of fused-ring (bicyclic) bond motifs is 4. The lowest BCUT2D eigenvalue weighted by Gasteiger charge is -2.60. The highest BCUT2D eigenvalue weighted by Gasteiger charge is 2.54. The summed E-state index contributed by atoms with van der Waals surface area (Å²) in [5.74, 6) is -3.45. The predicted molar refractivity (Wildman–Crippen MR) is 212 cm³/mol. The molecule has 2 saturated carbocycles. The van der Waals surface area contributed by atoms with Gasteiger partial charge < -0.3 is 29.7 Å². The van der Waals surface area contributed by atoms with Gasteiger partial charge in [-0.05, 0) is 74.4 Å². The van der Waals surface area contributed by atoms with Crippen LogP contribution in [0.1, 0.15) is 50.1 Å². The summed E-state index contributed by atoms with van der Waals surface area (Å²) in [6.45, 7) is 0.756. The van der Waals surface area contributed by atoms with Gasteiger partial charge in [0.25, 0.3) is 5.56 Å². The summed E-state index contributed by atoms with van der Waals surface area (Å²) >= 11 is 6.60. The SMILES string of the molecule is CN(c1ccc2c(C3CCC(=O)NC3=O)nn(C)c2c1)C1CC2(C1)CN(c1ncc(Cl)c(Nc3ccc4c(c3)c3c(c(=O)n4C)OCC(F)(F)[C@H](C4CC4)N3)n1)C2. The van der Waals surface area contributed by atoms with E-state index in [0.29, 0.717) is 70.8 Å². The monoisotopic (exact) mass is 798 g/mol. The number of benzene rings is 2. The molecule has 2 aromatic carbocycles. The number of aryl methyl sites for hydroxylation is 2. The van der Waals surface area contributed by atoms with Crippen molar-refractivity contribution in [2.75, 3.05) is 47.2 Å². The van der Waals surface area contributed by atoms with Gasteiger partial charge in [-0.1, -0.05) is 11.6 Å². The van der Waals surface area contributed by atoms with E-state index >= 15 is 8.78 Å². The third-order valence-electron chi connectivity index (χ3n) is 12.7. The van der Waals surface area contributed by atoms with Crippen LogP contribution in [0.15, 0.2) is 47.4 Å². The van der Waals surface area contributed by atoms with Crippen LogP contribution >= 0.6 is 11.6 Å². The van der Waals surface area contributed by atoms with Crippen LogP contribution in [0.3, 0.4) is 0 Å². The molecule has 3 aliphatic heterocycles. The molecule has 0 bridgehead atoms. The largest absolute Gasteiger partial charge is 0.480 e. The Labute approximate surface area is 330 Å². The molecule has 10 rings (SSSR count). The van der Waals surface area contributed by atoms with Crippen LogP contribution in [0, 0.1) is 11.3 Å². The van der Waals surface area contributed by atoms with Crippen LogP contribution < -0.4 is 36.0 Å².